The zero-order chi connectivity index (χ0) is 11.0. The quantitative estimate of drug-likeness (QED) is 0.812. The Labute approximate surface area is 101 Å². The van der Waals surface area contributed by atoms with Gasteiger partial charge in [0.1, 0.15) is 5.82 Å². The van der Waals surface area contributed by atoms with Gasteiger partial charge >= 0.3 is 0 Å². The highest BCUT2D eigenvalue weighted by atomic mass is 32.2. The lowest BCUT2D eigenvalue weighted by Crippen LogP contribution is -2.33. The van der Waals surface area contributed by atoms with Crippen LogP contribution >= 0.6 is 11.8 Å². The Hall–Kier alpha value is -0.480. The minimum atomic E-state index is 0.466. The van der Waals surface area contributed by atoms with Gasteiger partial charge in [0.2, 0.25) is 0 Å². The fourth-order valence-electron chi connectivity index (χ4n) is 2.80. The minimum absolute atomic E-state index is 0.466. The van der Waals surface area contributed by atoms with Crippen LogP contribution in [0.5, 0.6) is 0 Å². The number of imidazole rings is 1. The summed E-state index contributed by atoms with van der Waals surface area (Å²) in [4.78, 5) is 4.66. The number of aryl methyl sites for hydroxylation is 1. The number of nitrogens with one attached hydrogen (secondary N) is 1. The van der Waals surface area contributed by atoms with Crippen molar-refractivity contribution in [2.24, 2.45) is 0 Å². The highest BCUT2D eigenvalue weighted by Gasteiger charge is 2.25. The van der Waals surface area contributed by atoms with Gasteiger partial charge in [-0.1, -0.05) is 0 Å². The molecule has 4 heteroatoms. The third-order valence-electron chi connectivity index (χ3n) is 3.63. The van der Waals surface area contributed by atoms with Crippen molar-refractivity contribution in [1.29, 1.82) is 0 Å². The summed E-state index contributed by atoms with van der Waals surface area (Å²) < 4.78 is 2.48. The number of fused-ring (bicyclic) bond motifs is 1. The fourth-order valence-corrected chi connectivity index (χ4v) is 3.73. The van der Waals surface area contributed by atoms with Crippen LogP contribution in [-0.2, 0) is 6.42 Å². The molecule has 1 N–H and O–H groups in total. The van der Waals surface area contributed by atoms with Crippen LogP contribution in [-0.4, -0.2) is 27.6 Å². The van der Waals surface area contributed by atoms with Crippen molar-refractivity contribution in [2.45, 2.75) is 38.3 Å². The van der Waals surface area contributed by atoms with Gasteiger partial charge in [-0.05, 0) is 26.2 Å². The van der Waals surface area contributed by atoms with E-state index < -0.39 is 0 Å². The molecule has 16 heavy (non-hydrogen) atoms. The smallest absolute Gasteiger partial charge is 0.127 e. The van der Waals surface area contributed by atoms with Crippen molar-refractivity contribution in [2.75, 3.05) is 18.1 Å². The molecule has 0 amide bonds. The maximum Gasteiger partial charge on any atom is 0.127 e. The second kappa shape index (κ2) is 4.41. The summed E-state index contributed by atoms with van der Waals surface area (Å²) in [6.07, 6.45) is 5.92. The molecule has 2 unspecified atom stereocenters. The lowest BCUT2D eigenvalue weighted by atomic mass is 10.0. The van der Waals surface area contributed by atoms with Crippen LogP contribution in [0.15, 0.2) is 6.20 Å². The van der Waals surface area contributed by atoms with Gasteiger partial charge < -0.3 is 9.88 Å². The van der Waals surface area contributed by atoms with Crippen molar-refractivity contribution >= 4 is 11.8 Å². The first-order valence-corrected chi connectivity index (χ1v) is 7.39. The number of aromatic nitrogens is 2. The molecule has 2 aliphatic heterocycles. The van der Waals surface area contributed by atoms with E-state index in [1.807, 2.05) is 11.8 Å². The zero-order valence-electron chi connectivity index (χ0n) is 9.78. The van der Waals surface area contributed by atoms with Crippen LogP contribution in [0.1, 0.15) is 43.4 Å². The van der Waals surface area contributed by atoms with Gasteiger partial charge in [0.25, 0.3) is 0 Å². The van der Waals surface area contributed by atoms with Crippen LogP contribution in [0.2, 0.25) is 0 Å². The van der Waals surface area contributed by atoms with Crippen molar-refractivity contribution in [3.05, 3.63) is 17.7 Å². The van der Waals surface area contributed by atoms with Gasteiger partial charge in [-0.15, -0.1) is 0 Å². The van der Waals surface area contributed by atoms with Crippen molar-refractivity contribution in [3.63, 3.8) is 0 Å². The average molecular weight is 237 g/mol. The van der Waals surface area contributed by atoms with Crippen LogP contribution in [0.4, 0.5) is 0 Å². The molecule has 0 spiro atoms. The third-order valence-corrected chi connectivity index (χ3v) is 4.69. The Morgan fingerprint density at radius 2 is 2.50 bits per heavy atom. The molecule has 3 heterocycles. The van der Waals surface area contributed by atoms with E-state index in [4.69, 9.17) is 0 Å². The Balaban J connectivity index is 1.91. The highest BCUT2D eigenvalue weighted by molar-refractivity contribution is 7.99. The second-order valence-electron chi connectivity index (χ2n) is 4.80. The molecule has 88 valence electrons. The van der Waals surface area contributed by atoms with E-state index in [0.29, 0.717) is 12.1 Å². The van der Waals surface area contributed by atoms with E-state index in [1.54, 1.807) is 0 Å². The van der Waals surface area contributed by atoms with Crippen molar-refractivity contribution in [1.82, 2.24) is 14.9 Å². The Bertz CT molecular complexity index is 368. The van der Waals surface area contributed by atoms with E-state index in [-0.39, 0.29) is 0 Å². The average Bonchev–Trinajstić information content (AvgIpc) is 2.75. The van der Waals surface area contributed by atoms with Crippen LogP contribution in [0, 0.1) is 0 Å². The highest BCUT2D eigenvalue weighted by Crippen LogP contribution is 2.30. The molecule has 3 rings (SSSR count). The molecule has 0 saturated carbocycles. The molecule has 1 saturated heterocycles. The van der Waals surface area contributed by atoms with E-state index in [0.717, 1.165) is 6.54 Å². The van der Waals surface area contributed by atoms with Crippen LogP contribution in [0.25, 0.3) is 0 Å². The maximum atomic E-state index is 4.66. The zero-order valence-corrected chi connectivity index (χ0v) is 10.6. The molecule has 0 aromatic carbocycles. The summed E-state index contributed by atoms with van der Waals surface area (Å²) in [5.41, 5.74) is 1.44. The largest absolute Gasteiger partial charge is 0.328 e. The monoisotopic (exact) mass is 237 g/mol. The number of rotatable bonds is 1. The topological polar surface area (TPSA) is 29.9 Å². The number of hydrogen-bond acceptors (Lipinski definition) is 3. The van der Waals surface area contributed by atoms with Gasteiger partial charge in [-0.25, -0.2) is 4.98 Å². The van der Waals surface area contributed by atoms with Crippen LogP contribution < -0.4 is 5.32 Å². The van der Waals surface area contributed by atoms with Gasteiger partial charge in [-0.2, -0.15) is 11.8 Å². The molecule has 0 bridgehead atoms. The van der Waals surface area contributed by atoms with E-state index in [9.17, 15) is 0 Å². The van der Waals surface area contributed by atoms with Gasteiger partial charge in [0, 0.05) is 36.0 Å². The molecule has 0 aliphatic carbocycles. The molecule has 1 aromatic rings. The summed E-state index contributed by atoms with van der Waals surface area (Å²) in [6, 6.07) is 1.10. The first-order valence-electron chi connectivity index (χ1n) is 6.23. The predicted molar refractivity (Wildman–Crippen MR) is 67.9 cm³/mol. The Kier molecular flexibility index (Phi) is 2.94. The lowest BCUT2D eigenvalue weighted by molar-refractivity contribution is 0.399. The molecular weight excluding hydrogens is 218 g/mol. The number of hydrogen-bond donors (Lipinski definition) is 1. The Morgan fingerprint density at radius 3 is 3.31 bits per heavy atom. The lowest BCUT2D eigenvalue weighted by Gasteiger charge is -2.29. The molecular formula is C12H19N3S. The maximum absolute atomic E-state index is 4.66. The summed E-state index contributed by atoms with van der Waals surface area (Å²) in [6.45, 7) is 3.44. The molecule has 2 atom stereocenters. The van der Waals surface area contributed by atoms with Crippen molar-refractivity contribution < 1.29 is 0 Å². The van der Waals surface area contributed by atoms with Gasteiger partial charge in [-0.3, -0.25) is 0 Å². The standard InChI is InChI=1S/C12H19N3S/c1-9-3-2-4-10-7-14-12(15(9)10)11-8-16-6-5-13-11/h7,9,11,13H,2-6,8H2,1H3. The molecule has 1 fully saturated rings. The predicted octanol–water partition coefficient (Wildman–Crippen LogP) is 2.16. The Morgan fingerprint density at radius 1 is 1.56 bits per heavy atom. The minimum Gasteiger partial charge on any atom is -0.328 e. The molecule has 1 aromatic heterocycles. The van der Waals surface area contributed by atoms with E-state index in [2.05, 4.69) is 28.0 Å². The molecule has 0 radical (unpaired) electrons. The summed E-state index contributed by atoms with van der Waals surface area (Å²) in [5, 5.41) is 3.59. The third kappa shape index (κ3) is 1.78. The first-order chi connectivity index (χ1) is 7.86. The second-order valence-corrected chi connectivity index (χ2v) is 5.95. The van der Waals surface area contributed by atoms with Gasteiger partial charge in [0.05, 0.1) is 6.04 Å². The molecule has 2 aliphatic rings. The SMILES string of the molecule is CC1CCCc2cnc(C3CSCCN3)n21. The summed E-state index contributed by atoms with van der Waals surface area (Å²) in [5.74, 6) is 3.68. The summed E-state index contributed by atoms with van der Waals surface area (Å²) >= 11 is 2.04. The fraction of sp³-hybridized carbons (Fsp3) is 0.750. The number of nitrogens with zero attached hydrogens (tertiary/aromatic N) is 2. The van der Waals surface area contributed by atoms with E-state index in [1.165, 1.54) is 42.3 Å². The van der Waals surface area contributed by atoms with E-state index >= 15 is 0 Å². The number of thioether (sulfide) groups is 1. The van der Waals surface area contributed by atoms with Crippen molar-refractivity contribution in [3.8, 4) is 0 Å². The normalized spacial score (nSPS) is 30.1. The summed E-state index contributed by atoms with van der Waals surface area (Å²) in [7, 11) is 0. The van der Waals surface area contributed by atoms with Gasteiger partial charge in [0.15, 0.2) is 0 Å². The molecule has 3 nitrogen and oxygen atoms in total. The first kappa shape index (κ1) is 10.7. The van der Waals surface area contributed by atoms with Crippen LogP contribution in [0.3, 0.4) is 0 Å².